The van der Waals surface area contributed by atoms with Gasteiger partial charge in [-0.2, -0.15) is 0 Å². The lowest BCUT2D eigenvalue weighted by Gasteiger charge is -2.27. The van der Waals surface area contributed by atoms with Crippen molar-refractivity contribution in [3.8, 4) is 0 Å². The van der Waals surface area contributed by atoms with E-state index in [0.717, 1.165) is 109 Å². The van der Waals surface area contributed by atoms with Crippen LogP contribution in [0.3, 0.4) is 0 Å². The number of amides is 1. The van der Waals surface area contributed by atoms with E-state index >= 15 is 0 Å². The van der Waals surface area contributed by atoms with Gasteiger partial charge in [-0.25, -0.2) is 4.57 Å². The van der Waals surface area contributed by atoms with Crippen molar-refractivity contribution in [2.75, 3.05) is 40.9 Å². The molecule has 0 aromatic heterocycles. The summed E-state index contributed by atoms with van der Waals surface area (Å²) in [6.45, 7) is 6.89. The number of unbranched alkanes of at least 4 members (excludes halogenated alkanes) is 33. The summed E-state index contributed by atoms with van der Waals surface area (Å²) >= 11 is 0. The van der Waals surface area contributed by atoms with E-state index in [1.807, 2.05) is 33.3 Å². The van der Waals surface area contributed by atoms with Gasteiger partial charge in [-0.15, -0.1) is 0 Å². The first-order valence-corrected chi connectivity index (χ1v) is 36.6. The third-order valence-corrected chi connectivity index (χ3v) is 16.2. The van der Waals surface area contributed by atoms with Crippen LogP contribution in [0.1, 0.15) is 310 Å². The van der Waals surface area contributed by atoms with Crippen molar-refractivity contribution in [2.24, 2.45) is 0 Å². The highest BCUT2D eigenvalue weighted by molar-refractivity contribution is 7.47. The molecule has 3 atom stereocenters. The number of carbonyl (C=O) groups is 2. The van der Waals surface area contributed by atoms with E-state index in [1.54, 1.807) is 0 Å². The monoisotopic (exact) mass is 1190 g/mol. The maximum absolute atomic E-state index is 13.6. The van der Waals surface area contributed by atoms with E-state index < -0.39 is 20.0 Å². The third-order valence-electron chi connectivity index (χ3n) is 15.3. The van der Waals surface area contributed by atoms with E-state index in [2.05, 4.69) is 111 Å². The molecule has 3 unspecified atom stereocenters. The number of nitrogens with zero attached hydrogens (tertiary/aromatic N) is 1. The maximum Gasteiger partial charge on any atom is 0.472 e. The predicted molar refractivity (Wildman–Crippen MR) is 364 cm³/mol. The number of rotatable bonds is 63. The number of phosphoric ester groups is 1. The second kappa shape index (κ2) is 63.0. The largest absolute Gasteiger partial charge is 0.472 e. The molecule has 0 aromatic rings. The van der Waals surface area contributed by atoms with Crippen LogP contribution in [0.4, 0.5) is 0 Å². The molecule has 0 fully saturated rings. The third kappa shape index (κ3) is 63.4. The Hall–Kier alpha value is -3.07. The number of ether oxygens (including phenoxy) is 1. The molecule has 0 heterocycles. The van der Waals surface area contributed by atoms with E-state index in [0.29, 0.717) is 17.4 Å². The van der Waals surface area contributed by atoms with Crippen LogP contribution < -0.4 is 5.32 Å². The van der Waals surface area contributed by atoms with Gasteiger partial charge in [-0.1, -0.05) is 285 Å². The van der Waals surface area contributed by atoms with Gasteiger partial charge in [-0.3, -0.25) is 18.6 Å². The van der Waals surface area contributed by atoms with Gasteiger partial charge in [-0.05, 0) is 109 Å². The number of likely N-dealkylation sites (N-methyl/N-ethyl adjacent to an activating group) is 1. The summed E-state index contributed by atoms with van der Waals surface area (Å²) < 4.78 is 30.8. The van der Waals surface area contributed by atoms with Gasteiger partial charge in [0.1, 0.15) is 19.3 Å². The van der Waals surface area contributed by atoms with E-state index in [9.17, 15) is 19.0 Å². The lowest BCUT2D eigenvalue weighted by Crippen LogP contribution is -2.47. The summed E-state index contributed by atoms with van der Waals surface area (Å²) in [6.07, 6.45) is 85.5. The van der Waals surface area contributed by atoms with Gasteiger partial charge in [0.15, 0.2) is 0 Å². The summed E-state index contributed by atoms with van der Waals surface area (Å²) in [5.74, 6) is -0.511. The molecule has 486 valence electrons. The lowest BCUT2D eigenvalue weighted by molar-refractivity contribution is -0.870. The Morgan fingerprint density at radius 2 is 0.762 bits per heavy atom. The van der Waals surface area contributed by atoms with Crippen molar-refractivity contribution < 1.29 is 37.3 Å². The average Bonchev–Trinajstić information content (AvgIpc) is 3.64. The van der Waals surface area contributed by atoms with Crippen LogP contribution in [0.25, 0.3) is 0 Å². The number of esters is 1. The van der Waals surface area contributed by atoms with Crippen molar-refractivity contribution in [2.45, 2.75) is 322 Å². The van der Waals surface area contributed by atoms with Crippen molar-refractivity contribution in [1.82, 2.24) is 5.32 Å². The van der Waals surface area contributed by atoms with Crippen LogP contribution >= 0.6 is 7.82 Å². The smallest absolute Gasteiger partial charge is 0.456 e. The summed E-state index contributed by atoms with van der Waals surface area (Å²) in [5.41, 5.74) is 0. The number of nitrogens with one attached hydrogen (secondary N) is 1. The van der Waals surface area contributed by atoms with Crippen LogP contribution in [0.5, 0.6) is 0 Å². The number of quaternary nitrogens is 1. The van der Waals surface area contributed by atoms with Crippen molar-refractivity contribution in [3.05, 3.63) is 97.2 Å². The second-order valence-electron chi connectivity index (χ2n) is 24.7. The number of phosphoric acid groups is 1. The fraction of sp³-hybridized carbons (Fsp3) is 0.757. The zero-order valence-electron chi connectivity index (χ0n) is 55.6. The minimum absolute atomic E-state index is 0.0356. The molecule has 0 aliphatic carbocycles. The quantitative estimate of drug-likeness (QED) is 0.0205. The molecule has 2 N–H and O–H groups in total. The Morgan fingerprint density at radius 3 is 1.17 bits per heavy atom. The van der Waals surface area contributed by atoms with Crippen molar-refractivity contribution >= 4 is 19.7 Å². The molecule has 0 saturated carbocycles. The summed E-state index contributed by atoms with van der Waals surface area (Å²) in [5, 5.41) is 3.07. The molecule has 0 aromatic carbocycles. The average molecular weight is 1190 g/mol. The first-order chi connectivity index (χ1) is 40.9. The highest BCUT2D eigenvalue weighted by Crippen LogP contribution is 2.43. The minimum atomic E-state index is -4.46. The van der Waals surface area contributed by atoms with Gasteiger partial charge in [0.2, 0.25) is 5.91 Å². The Balaban J connectivity index is 5.11. The van der Waals surface area contributed by atoms with Crippen molar-refractivity contribution in [3.63, 3.8) is 0 Å². The van der Waals surface area contributed by atoms with Crippen LogP contribution in [-0.4, -0.2) is 74.3 Å². The molecular weight excluding hydrogens is 1060 g/mol. The van der Waals surface area contributed by atoms with Crippen LogP contribution in [0.15, 0.2) is 97.2 Å². The standard InChI is InChI=1S/C74H133N2O7P/c1-7-10-13-16-19-22-25-28-30-32-34-36-37-38-39-41-43-45-47-49-52-55-58-61-64-67-74(78)83-72(65-62-59-56-53-50-27-24-21-18-15-12-9-3)71(70-82-84(79,80)81-69-68-76(4,5)6)75-73(77)66-63-60-57-54-51-48-46-44-42-40-35-33-31-29-26-23-20-17-14-11-8-2/h10,13,19-20,22-23,28-31,34,36,38-39,62,65,71-72H,7-9,11-12,14-18,21,24-27,32-33,35,37,40-61,63-64,66-70H2,1-6H3,(H-,75,77,79,80)/p+1/b13-10-,22-19-,23-20-,30-28-,31-29-,36-34-,39-38-,65-62+. The first-order valence-electron chi connectivity index (χ1n) is 35.1. The zero-order valence-corrected chi connectivity index (χ0v) is 56.5. The van der Waals surface area contributed by atoms with E-state index in [-0.39, 0.29) is 31.5 Å². The molecule has 9 nitrogen and oxygen atoms in total. The number of hydrogen-bond acceptors (Lipinski definition) is 6. The van der Waals surface area contributed by atoms with Crippen molar-refractivity contribution in [1.29, 1.82) is 0 Å². The maximum atomic E-state index is 13.6. The number of allylic oxidation sites excluding steroid dienone is 15. The molecule has 84 heavy (non-hydrogen) atoms. The molecule has 1 amide bonds. The highest BCUT2D eigenvalue weighted by Gasteiger charge is 2.30. The topological polar surface area (TPSA) is 111 Å². The summed E-state index contributed by atoms with van der Waals surface area (Å²) in [6, 6.07) is -0.858. The Morgan fingerprint density at radius 1 is 0.429 bits per heavy atom. The number of hydrogen-bond donors (Lipinski definition) is 2. The molecule has 0 aliphatic heterocycles. The lowest BCUT2D eigenvalue weighted by atomic mass is 10.0. The normalized spacial score (nSPS) is 14.1. The minimum Gasteiger partial charge on any atom is -0.456 e. The Bertz CT molecular complexity index is 1760. The molecule has 0 bridgehead atoms. The molecular formula is C74H134N2O7P+. The highest BCUT2D eigenvalue weighted by atomic mass is 31.2. The first kappa shape index (κ1) is 80.9. The SMILES string of the molecule is CC/C=C\C/C=C\C/C=C\C/C=C\C/C=C\CCCCCCCCCCCC(=O)OC(/C=C/CCCCCCCCCCCC)C(COP(=O)(O)OCC[N+](C)(C)C)NC(=O)CCCCCCCCCCCCC/C=C\C/C=C\CCCCC. The molecule has 0 rings (SSSR count). The Labute approximate surface area is 519 Å². The molecule has 0 saturated heterocycles. The molecule has 10 heteroatoms. The van der Waals surface area contributed by atoms with Gasteiger partial charge >= 0.3 is 13.8 Å². The van der Waals surface area contributed by atoms with Gasteiger partial charge in [0.05, 0.1) is 33.8 Å². The van der Waals surface area contributed by atoms with Gasteiger partial charge in [0, 0.05) is 12.8 Å². The van der Waals surface area contributed by atoms with Gasteiger partial charge < -0.3 is 19.4 Å². The van der Waals surface area contributed by atoms with E-state index in [4.69, 9.17) is 13.8 Å². The fourth-order valence-corrected chi connectivity index (χ4v) is 10.6. The van der Waals surface area contributed by atoms with Crippen LogP contribution in [0.2, 0.25) is 0 Å². The number of carbonyl (C=O) groups excluding carboxylic acids is 2. The van der Waals surface area contributed by atoms with Gasteiger partial charge in [0.25, 0.3) is 0 Å². The zero-order chi connectivity index (χ0) is 61.4. The molecule has 0 aliphatic rings. The van der Waals surface area contributed by atoms with Crippen LogP contribution in [-0.2, 0) is 27.9 Å². The second-order valence-corrected chi connectivity index (χ2v) is 26.1. The Kier molecular flexibility index (Phi) is 60.7. The fourth-order valence-electron chi connectivity index (χ4n) is 9.88. The summed E-state index contributed by atoms with van der Waals surface area (Å²) in [4.78, 5) is 37.9. The predicted octanol–water partition coefficient (Wildman–Crippen LogP) is 22.3. The van der Waals surface area contributed by atoms with E-state index in [1.165, 1.54) is 167 Å². The summed E-state index contributed by atoms with van der Waals surface area (Å²) in [7, 11) is 1.49. The van der Waals surface area contributed by atoms with Crippen LogP contribution in [0, 0.1) is 0 Å². The molecule has 0 spiro atoms. The molecule has 0 radical (unpaired) electrons.